The number of nitrogens with zero attached hydrogens (tertiary/aromatic N) is 1. The molecule has 0 aliphatic heterocycles. The zero-order valence-corrected chi connectivity index (χ0v) is 20.7. The largest absolute Gasteiger partial charge is 0.486 e. The fourth-order valence-electron chi connectivity index (χ4n) is 3.01. The van der Waals surface area contributed by atoms with E-state index in [1.54, 1.807) is 17.5 Å². The summed E-state index contributed by atoms with van der Waals surface area (Å²) in [6.07, 6.45) is 0. The second-order valence-electron chi connectivity index (χ2n) is 7.63. The first kappa shape index (κ1) is 23.9. The number of hydrogen-bond acceptors (Lipinski definition) is 5. The Hall–Kier alpha value is -2.71. The number of rotatable bonds is 9. The summed E-state index contributed by atoms with van der Waals surface area (Å²) < 4.78 is 6.91. The SMILES string of the molecule is Cc1ccc(C(C)C)c(OCc2nc(C(=O)NCCNC(=O)c3ccc(Br)cc3)cs2)c1. The van der Waals surface area contributed by atoms with E-state index >= 15 is 0 Å². The van der Waals surface area contributed by atoms with Crippen molar-refractivity contribution in [3.05, 3.63) is 79.7 Å². The van der Waals surface area contributed by atoms with Crippen LogP contribution in [-0.2, 0) is 6.61 Å². The number of hydrogen-bond donors (Lipinski definition) is 2. The van der Waals surface area contributed by atoms with E-state index in [-0.39, 0.29) is 11.8 Å². The molecule has 2 amide bonds. The normalized spacial score (nSPS) is 10.8. The van der Waals surface area contributed by atoms with Crippen molar-refractivity contribution in [3.63, 3.8) is 0 Å². The molecule has 0 spiro atoms. The summed E-state index contributed by atoms with van der Waals surface area (Å²) in [6, 6.07) is 13.3. The van der Waals surface area contributed by atoms with Gasteiger partial charge in [0.2, 0.25) is 0 Å². The Morgan fingerprint density at radius 3 is 2.44 bits per heavy atom. The number of halogens is 1. The molecule has 0 fully saturated rings. The maximum atomic E-state index is 12.3. The van der Waals surface area contributed by atoms with Gasteiger partial charge in [-0.2, -0.15) is 0 Å². The number of nitrogens with one attached hydrogen (secondary N) is 2. The number of aromatic nitrogens is 1. The molecule has 3 aromatic rings. The molecular weight excluding hydrogens is 490 g/mol. The zero-order valence-electron chi connectivity index (χ0n) is 18.3. The Morgan fingerprint density at radius 1 is 1.06 bits per heavy atom. The third kappa shape index (κ3) is 6.64. The van der Waals surface area contributed by atoms with Crippen LogP contribution in [0, 0.1) is 6.92 Å². The lowest BCUT2D eigenvalue weighted by molar-refractivity contribution is 0.0925. The van der Waals surface area contributed by atoms with Gasteiger partial charge in [0, 0.05) is 28.5 Å². The molecule has 6 nitrogen and oxygen atoms in total. The molecule has 0 unspecified atom stereocenters. The zero-order chi connectivity index (χ0) is 23.1. The van der Waals surface area contributed by atoms with E-state index in [9.17, 15) is 9.59 Å². The average Bonchev–Trinajstić information content (AvgIpc) is 3.24. The van der Waals surface area contributed by atoms with Crippen molar-refractivity contribution in [1.29, 1.82) is 0 Å². The van der Waals surface area contributed by atoms with Crippen LogP contribution in [0.5, 0.6) is 5.75 Å². The highest BCUT2D eigenvalue weighted by molar-refractivity contribution is 9.10. The minimum absolute atomic E-state index is 0.184. The minimum atomic E-state index is -0.274. The molecule has 0 atom stereocenters. The predicted octanol–water partition coefficient (Wildman–Crippen LogP) is 5.08. The number of carbonyl (C=O) groups is 2. The van der Waals surface area contributed by atoms with E-state index in [1.165, 1.54) is 11.3 Å². The highest BCUT2D eigenvalue weighted by atomic mass is 79.9. The maximum absolute atomic E-state index is 12.3. The lowest BCUT2D eigenvalue weighted by Gasteiger charge is -2.14. The van der Waals surface area contributed by atoms with Crippen molar-refractivity contribution in [3.8, 4) is 5.75 Å². The van der Waals surface area contributed by atoms with Crippen molar-refractivity contribution < 1.29 is 14.3 Å². The van der Waals surface area contributed by atoms with Crippen molar-refractivity contribution >= 4 is 39.1 Å². The second kappa shape index (κ2) is 11.2. The molecule has 0 radical (unpaired) electrons. The molecule has 0 saturated carbocycles. The summed E-state index contributed by atoms with van der Waals surface area (Å²) in [5, 5.41) is 8.00. The van der Waals surface area contributed by atoms with Crippen molar-refractivity contribution in [2.45, 2.75) is 33.3 Å². The molecule has 0 aliphatic rings. The molecule has 32 heavy (non-hydrogen) atoms. The van der Waals surface area contributed by atoms with E-state index in [0.29, 0.717) is 36.9 Å². The number of amides is 2. The number of benzene rings is 2. The number of aryl methyl sites for hydroxylation is 1. The lowest BCUT2D eigenvalue weighted by atomic mass is 10.0. The molecule has 2 N–H and O–H groups in total. The third-order valence-electron chi connectivity index (χ3n) is 4.73. The van der Waals surface area contributed by atoms with Crippen LogP contribution in [0.1, 0.15) is 56.7 Å². The third-order valence-corrected chi connectivity index (χ3v) is 6.08. The smallest absolute Gasteiger partial charge is 0.270 e. The van der Waals surface area contributed by atoms with Crippen LogP contribution in [0.25, 0.3) is 0 Å². The van der Waals surface area contributed by atoms with Gasteiger partial charge in [-0.1, -0.05) is 41.9 Å². The number of thiazole rings is 1. The van der Waals surface area contributed by atoms with Gasteiger partial charge in [0.1, 0.15) is 23.1 Å². The molecule has 2 aromatic carbocycles. The van der Waals surface area contributed by atoms with Gasteiger partial charge < -0.3 is 15.4 Å². The summed E-state index contributed by atoms with van der Waals surface area (Å²) in [7, 11) is 0. The van der Waals surface area contributed by atoms with Crippen LogP contribution in [-0.4, -0.2) is 29.9 Å². The fraction of sp³-hybridized carbons (Fsp3) is 0.292. The van der Waals surface area contributed by atoms with Gasteiger partial charge in [-0.25, -0.2) is 4.98 Å². The van der Waals surface area contributed by atoms with Gasteiger partial charge in [-0.15, -0.1) is 11.3 Å². The average molecular weight is 516 g/mol. The van der Waals surface area contributed by atoms with E-state index in [1.807, 2.05) is 25.1 Å². The summed E-state index contributed by atoms with van der Waals surface area (Å²) in [5.41, 5.74) is 3.20. The number of ether oxygens (including phenoxy) is 1. The lowest BCUT2D eigenvalue weighted by Crippen LogP contribution is -2.34. The van der Waals surface area contributed by atoms with E-state index in [2.05, 4.69) is 57.5 Å². The first-order valence-corrected chi connectivity index (χ1v) is 12.0. The monoisotopic (exact) mass is 515 g/mol. The van der Waals surface area contributed by atoms with Gasteiger partial charge in [0.25, 0.3) is 11.8 Å². The van der Waals surface area contributed by atoms with Gasteiger partial charge in [0.05, 0.1) is 0 Å². The Kier molecular flexibility index (Phi) is 8.41. The molecule has 0 saturated heterocycles. The first-order valence-electron chi connectivity index (χ1n) is 10.3. The van der Waals surface area contributed by atoms with Crippen LogP contribution >= 0.6 is 27.3 Å². The van der Waals surface area contributed by atoms with Crippen LogP contribution in [0.2, 0.25) is 0 Å². The van der Waals surface area contributed by atoms with Crippen LogP contribution in [0.15, 0.2) is 52.3 Å². The summed E-state index contributed by atoms with van der Waals surface area (Å²) >= 11 is 4.73. The Morgan fingerprint density at radius 2 is 1.75 bits per heavy atom. The summed E-state index contributed by atoms with van der Waals surface area (Å²) in [4.78, 5) is 28.8. The summed E-state index contributed by atoms with van der Waals surface area (Å²) in [5.74, 6) is 0.746. The molecule has 168 valence electrons. The molecule has 1 heterocycles. The van der Waals surface area contributed by atoms with E-state index < -0.39 is 0 Å². The first-order chi connectivity index (χ1) is 15.3. The van der Waals surface area contributed by atoms with E-state index in [0.717, 1.165) is 26.4 Å². The predicted molar refractivity (Wildman–Crippen MR) is 131 cm³/mol. The van der Waals surface area contributed by atoms with Crippen molar-refractivity contribution in [1.82, 2.24) is 15.6 Å². The molecule has 1 aromatic heterocycles. The van der Waals surface area contributed by atoms with Crippen LogP contribution in [0.3, 0.4) is 0 Å². The Bertz CT molecular complexity index is 1080. The van der Waals surface area contributed by atoms with Gasteiger partial charge >= 0.3 is 0 Å². The molecule has 0 aliphatic carbocycles. The second-order valence-corrected chi connectivity index (χ2v) is 9.49. The van der Waals surface area contributed by atoms with Crippen LogP contribution < -0.4 is 15.4 Å². The molecule has 8 heteroatoms. The highest BCUT2D eigenvalue weighted by Gasteiger charge is 2.13. The van der Waals surface area contributed by atoms with Crippen molar-refractivity contribution in [2.75, 3.05) is 13.1 Å². The summed E-state index contributed by atoms with van der Waals surface area (Å²) in [6.45, 7) is 7.24. The van der Waals surface area contributed by atoms with Gasteiger partial charge in [-0.05, 0) is 54.3 Å². The molecule has 3 rings (SSSR count). The minimum Gasteiger partial charge on any atom is -0.486 e. The topological polar surface area (TPSA) is 80.3 Å². The Balaban J connectivity index is 1.46. The van der Waals surface area contributed by atoms with Crippen molar-refractivity contribution in [2.24, 2.45) is 0 Å². The quantitative estimate of drug-likeness (QED) is 0.389. The Labute approximate surface area is 200 Å². The van der Waals surface area contributed by atoms with E-state index in [4.69, 9.17) is 4.74 Å². The standard InChI is InChI=1S/C24H26BrN3O3S/c1-15(2)19-9-4-16(3)12-21(19)31-13-22-28-20(14-32-22)24(30)27-11-10-26-23(29)17-5-7-18(25)8-6-17/h4-9,12,14-15H,10-11,13H2,1-3H3,(H,26,29)(H,27,30). The van der Waals surface area contributed by atoms with Gasteiger partial charge in [0.15, 0.2) is 0 Å². The van der Waals surface area contributed by atoms with Crippen LogP contribution in [0.4, 0.5) is 0 Å². The highest BCUT2D eigenvalue weighted by Crippen LogP contribution is 2.28. The van der Waals surface area contributed by atoms with Gasteiger partial charge in [-0.3, -0.25) is 9.59 Å². The number of carbonyl (C=O) groups excluding carboxylic acids is 2. The fourth-order valence-corrected chi connectivity index (χ4v) is 3.96. The maximum Gasteiger partial charge on any atom is 0.270 e. The molecule has 0 bridgehead atoms. The molecular formula is C24H26BrN3O3S.